The summed E-state index contributed by atoms with van der Waals surface area (Å²) in [5.74, 6) is 0.264. The molecule has 3 heterocycles. The first kappa shape index (κ1) is 22.0. The Bertz CT molecular complexity index is 1550. The third-order valence-corrected chi connectivity index (χ3v) is 6.38. The summed E-state index contributed by atoms with van der Waals surface area (Å²) in [5.41, 5.74) is 5.76. The quantitative estimate of drug-likeness (QED) is 0.390. The number of hydrogen-bond acceptors (Lipinski definition) is 5. The number of H-pyrrole nitrogens is 1. The molecule has 0 radical (unpaired) electrons. The zero-order valence-corrected chi connectivity index (χ0v) is 20.2. The standard InChI is InChI=1S/C25H24ClN7O/c1-5-33-15(3)17(11-28-33)13-32(4)25(34)23-19-10-18(26)6-7-21(19)29-24(30-23)16-8-14(2)20-12-27-31-22(20)9-16/h6-12H,5,13H2,1-4H3,(H,27,31). The van der Waals surface area contributed by atoms with Gasteiger partial charge in [-0.25, -0.2) is 9.97 Å². The van der Waals surface area contributed by atoms with E-state index in [0.29, 0.717) is 34.0 Å². The van der Waals surface area contributed by atoms with Crippen LogP contribution in [0.15, 0.2) is 42.7 Å². The van der Waals surface area contributed by atoms with Gasteiger partial charge in [0.15, 0.2) is 5.82 Å². The molecule has 8 nitrogen and oxygen atoms in total. The lowest BCUT2D eigenvalue weighted by Crippen LogP contribution is -2.27. The van der Waals surface area contributed by atoms with E-state index < -0.39 is 0 Å². The van der Waals surface area contributed by atoms with E-state index in [0.717, 1.165) is 39.8 Å². The normalized spacial score (nSPS) is 11.4. The second-order valence-corrected chi connectivity index (χ2v) is 8.85. The smallest absolute Gasteiger partial charge is 0.273 e. The van der Waals surface area contributed by atoms with Crippen molar-refractivity contribution in [2.45, 2.75) is 33.9 Å². The molecular weight excluding hydrogens is 450 g/mol. The number of hydrogen-bond donors (Lipinski definition) is 1. The average Bonchev–Trinajstić information content (AvgIpc) is 3.44. The van der Waals surface area contributed by atoms with E-state index in [1.54, 1.807) is 30.3 Å². The van der Waals surface area contributed by atoms with Gasteiger partial charge >= 0.3 is 0 Å². The van der Waals surface area contributed by atoms with E-state index in [9.17, 15) is 4.79 Å². The van der Waals surface area contributed by atoms with E-state index in [2.05, 4.69) is 15.3 Å². The Kier molecular flexibility index (Phi) is 5.53. The molecule has 0 aliphatic carbocycles. The van der Waals surface area contributed by atoms with Gasteiger partial charge in [-0.15, -0.1) is 0 Å². The highest BCUT2D eigenvalue weighted by Crippen LogP contribution is 2.28. The summed E-state index contributed by atoms with van der Waals surface area (Å²) >= 11 is 6.27. The van der Waals surface area contributed by atoms with Gasteiger partial charge in [0, 0.05) is 52.8 Å². The lowest BCUT2D eigenvalue weighted by Gasteiger charge is -2.18. The van der Waals surface area contributed by atoms with Gasteiger partial charge < -0.3 is 4.90 Å². The average molecular weight is 474 g/mol. The molecule has 0 atom stereocenters. The van der Waals surface area contributed by atoms with Crippen molar-refractivity contribution < 1.29 is 4.79 Å². The summed E-state index contributed by atoms with van der Waals surface area (Å²) in [5, 5.41) is 13.7. The number of aromatic amines is 1. The van der Waals surface area contributed by atoms with E-state index in [4.69, 9.17) is 21.6 Å². The van der Waals surface area contributed by atoms with Crippen LogP contribution in [-0.4, -0.2) is 47.8 Å². The number of amides is 1. The first-order chi connectivity index (χ1) is 16.4. The highest BCUT2D eigenvalue weighted by Gasteiger charge is 2.21. The predicted octanol–water partition coefficient (Wildman–Crippen LogP) is 4.93. The molecule has 0 saturated heterocycles. The van der Waals surface area contributed by atoms with Crippen LogP contribution in [0.25, 0.3) is 33.2 Å². The van der Waals surface area contributed by atoms with Crippen molar-refractivity contribution in [3.05, 3.63) is 70.3 Å². The zero-order valence-electron chi connectivity index (χ0n) is 19.4. The van der Waals surface area contributed by atoms with E-state index >= 15 is 0 Å². The molecule has 0 aliphatic heterocycles. The highest BCUT2D eigenvalue weighted by molar-refractivity contribution is 6.31. The number of nitrogens with zero attached hydrogens (tertiary/aromatic N) is 6. The number of aryl methyl sites for hydroxylation is 2. The Hall–Kier alpha value is -3.78. The maximum atomic E-state index is 13.6. The molecule has 0 aliphatic rings. The first-order valence-electron chi connectivity index (χ1n) is 11.0. The summed E-state index contributed by atoms with van der Waals surface area (Å²) in [6.45, 7) is 7.27. The number of benzene rings is 2. The van der Waals surface area contributed by atoms with Gasteiger partial charge in [-0.2, -0.15) is 10.2 Å². The first-order valence-corrected chi connectivity index (χ1v) is 11.4. The van der Waals surface area contributed by atoms with Gasteiger partial charge in [0.25, 0.3) is 5.91 Å². The topological polar surface area (TPSA) is 92.6 Å². The van der Waals surface area contributed by atoms with Crippen LogP contribution in [0.2, 0.25) is 5.02 Å². The van der Waals surface area contributed by atoms with Crippen molar-refractivity contribution in [1.29, 1.82) is 0 Å². The number of aromatic nitrogens is 6. The van der Waals surface area contributed by atoms with Crippen molar-refractivity contribution in [3.8, 4) is 11.4 Å². The Morgan fingerprint density at radius 3 is 2.71 bits per heavy atom. The summed E-state index contributed by atoms with van der Waals surface area (Å²) < 4.78 is 1.92. The monoisotopic (exact) mass is 473 g/mol. The maximum absolute atomic E-state index is 13.6. The lowest BCUT2D eigenvalue weighted by atomic mass is 10.1. The van der Waals surface area contributed by atoms with Crippen LogP contribution in [0, 0.1) is 13.8 Å². The van der Waals surface area contributed by atoms with Crippen LogP contribution in [0.1, 0.15) is 34.2 Å². The minimum absolute atomic E-state index is 0.209. The van der Waals surface area contributed by atoms with Gasteiger partial charge in [0.1, 0.15) is 5.69 Å². The Labute approximate surface area is 201 Å². The minimum atomic E-state index is -0.209. The second-order valence-electron chi connectivity index (χ2n) is 8.41. The molecule has 0 unspecified atom stereocenters. The molecule has 1 N–H and O–H groups in total. The fourth-order valence-electron chi connectivity index (χ4n) is 4.22. The molecular formula is C25H24ClN7O. The van der Waals surface area contributed by atoms with E-state index in [1.807, 2.05) is 49.8 Å². The largest absolute Gasteiger partial charge is 0.336 e. The van der Waals surface area contributed by atoms with Gasteiger partial charge in [0.2, 0.25) is 0 Å². The summed E-state index contributed by atoms with van der Waals surface area (Å²) in [4.78, 5) is 24.8. The molecule has 5 aromatic rings. The van der Waals surface area contributed by atoms with E-state index in [-0.39, 0.29) is 5.91 Å². The lowest BCUT2D eigenvalue weighted by molar-refractivity contribution is 0.0781. The van der Waals surface area contributed by atoms with Crippen LogP contribution in [-0.2, 0) is 13.1 Å². The third kappa shape index (κ3) is 3.80. The number of halogens is 1. The molecule has 3 aromatic heterocycles. The van der Waals surface area contributed by atoms with Crippen LogP contribution in [0.4, 0.5) is 0 Å². The molecule has 1 amide bonds. The molecule has 5 rings (SSSR count). The molecule has 0 spiro atoms. The van der Waals surface area contributed by atoms with Gasteiger partial charge in [0.05, 0.1) is 23.4 Å². The number of nitrogens with one attached hydrogen (secondary N) is 1. The van der Waals surface area contributed by atoms with Crippen LogP contribution < -0.4 is 0 Å². The highest BCUT2D eigenvalue weighted by atomic mass is 35.5. The SMILES string of the molecule is CCn1ncc(CN(C)C(=O)c2nc(-c3cc(C)c4cn[nH]c4c3)nc3ccc(Cl)cc23)c1C. The molecule has 0 bridgehead atoms. The molecule has 0 fully saturated rings. The summed E-state index contributed by atoms with van der Waals surface area (Å²) in [6.07, 6.45) is 3.61. The Morgan fingerprint density at radius 1 is 1.12 bits per heavy atom. The van der Waals surface area contributed by atoms with Crippen LogP contribution in [0.3, 0.4) is 0 Å². The van der Waals surface area contributed by atoms with Crippen molar-refractivity contribution >= 4 is 39.3 Å². The van der Waals surface area contributed by atoms with Crippen molar-refractivity contribution in [2.75, 3.05) is 7.05 Å². The fourth-order valence-corrected chi connectivity index (χ4v) is 4.39. The number of fused-ring (bicyclic) bond motifs is 2. The molecule has 9 heteroatoms. The van der Waals surface area contributed by atoms with Crippen molar-refractivity contribution in [1.82, 2.24) is 34.8 Å². The van der Waals surface area contributed by atoms with E-state index in [1.165, 1.54) is 0 Å². The zero-order chi connectivity index (χ0) is 24.0. The number of rotatable bonds is 5. The molecule has 34 heavy (non-hydrogen) atoms. The third-order valence-electron chi connectivity index (χ3n) is 6.14. The minimum Gasteiger partial charge on any atom is -0.336 e. The second kappa shape index (κ2) is 8.53. The Morgan fingerprint density at radius 2 is 1.94 bits per heavy atom. The summed E-state index contributed by atoms with van der Waals surface area (Å²) in [7, 11) is 1.77. The maximum Gasteiger partial charge on any atom is 0.273 e. The van der Waals surface area contributed by atoms with Gasteiger partial charge in [-0.1, -0.05) is 11.6 Å². The molecule has 0 saturated carbocycles. The number of carbonyl (C=O) groups excluding carboxylic acids is 1. The van der Waals surface area contributed by atoms with Gasteiger partial charge in [-0.3, -0.25) is 14.6 Å². The predicted molar refractivity (Wildman–Crippen MR) is 133 cm³/mol. The number of carbonyl (C=O) groups is 1. The molecule has 172 valence electrons. The van der Waals surface area contributed by atoms with Crippen molar-refractivity contribution in [3.63, 3.8) is 0 Å². The fraction of sp³-hybridized carbons (Fsp3) is 0.240. The van der Waals surface area contributed by atoms with Gasteiger partial charge in [-0.05, 0) is 56.7 Å². The summed E-state index contributed by atoms with van der Waals surface area (Å²) in [6, 6.07) is 9.29. The van der Waals surface area contributed by atoms with Crippen LogP contribution in [0.5, 0.6) is 0 Å². The van der Waals surface area contributed by atoms with Crippen LogP contribution >= 0.6 is 11.6 Å². The van der Waals surface area contributed by atoms with Crippen molar-refractivity contribution in [2.24, 2.45) is 0 Å². The Balaban J connectivity index is 1.60. The molecule has 2 aromatic carbocycles.